The molecule has 0 aliphatic rings. The smallest absolute Gasteiger partial charge is 0.416 e. The predicted molar refractivity (Wildman–Crippen MR) is 62.3 cm³/mol. The van der Waals surface area contributed by atoms with Crippen LogP contribution >= 0.6 is 0 Å². The van der Waals surface area contributed by atoms with Crippen LogP contribution in [0.15, 0.2) is 30.5 Å². The van der Waals surface area contributed by atoms with E-state index in [0.29, 0.717) is 11.4 Å². The van der Waals surface area contributed by atoms with Gasteiger partial charge in [0.2, 0.25) is 0 Å². The molecule has 2 aromatic rings. The number of rotatable bonds is 4. The van der Waals surface area contributed by atoms with Gasteiger partial charge in [-0.25, -0.2) is 4.68 Å². The van der Waals surface area contributed by atoms with Crippen LogP contribution in [0, 0.1) is 0 Å². The Morgan fingerprint density at radius 1 is 1.25 bits per heavy atom. The van der Waals surface area contributed by atoms with Gasteiger partial charge < -0.3 is 5.11 Å². The first kappa shape index (κ1) is 14.0. The molecule has 1 N–H and O–H groups in total. The molecular weight excluding hydrogens is 275 g/mol. The summed E-state index contributed by atoms with van der Waals surface area (Å²) in [6.45, 7) is 0. The zero-order chi connectivity index (χ0) is 14.8. The van der Waals surface area contributed by atoms with E-state index < -0.39 is 17.7 Å². The van der Waals surface area contributed by atoms with Crippen molar-refractivity contribution in [3.8, 4) is 5.69 Å². The van der Waals surface area contributed by atoms with Gasteiger partial charge in [-0.1, -0.05) is 5.21 Å². The van der Waals surface area contributed by atoms with Gasteiger partial charge in [-0.2, -0.15) is 13.2 Å². The Labute approximate surface area is 111 Å². The summed E-state index contributed by atoms with van der Waals surface area (Å²) in [7, 11) is 0. The number of carbonyl (C=O) groups is 1. The molecule has 0 radical (unpaired) electrons. The molecule has 0 bridgehead atoms. The van der Waals surface area contributed by atoms with Crippen LogP contribution in [-0.2, 0) is 17.4 Å². The number of benzene rings is 1. The number of hydrogen-bond donors (Lipinski definition) is 1. The highest BCUT2D eigenvalue weighted by Gasteiger charge is 2.30. The zero-order valence-corrected chi connectivity index (χ0v) is 10.1. The summed E-state index contributed by atoms with van der Waals surface area (Å²) in [5, 5.41) is 16.0. The standard InChI is InChI=1S/C12H10F3N3O2/c13-12(14,15)8-1-3-9(4-2-8)18-10(7-16-17-18)5-6-11(19)20/h1-4,7H,5-6H2,(H,19,20). The minimum atomic E-state index is -4.40. The molecule has 0 aliphatic heterocycles. The number of carboxylic acids is 1. The van der Waals surface area contributed by atoms with Crippen molar-refractivity contribution in [1.82, 2.24) is 15.0 Å². The number of carboxylic acid groups (broad SMARTS) is 1. The summed E-state index contributed by atoms with van der Waals surface area (Å²) in [6, 6.07) is 4.42. The zero-order valence-electron chi connectivity index (χ0n) is 10.1. The van der Waals surface area contributed by atoms with Gasteiger partial charge in [-0.05, 0) is 24.3 Å². The van der Waals surface area contributed by atoms with Crippen LogP contribution in [0.3, 0.4) is 0 Å². The number of nitrogens with zero attached hydrogens (tertiary/aromatic N) is 3. The van der Waals surface area contributed by atoms with Gasteiger partial charge in [0.25, 0.3) is 0 Å². The summed E-state index contributed by atoms with van der Waals surface area (Å²) in [6.07, 6.45) is -2.91. The lowest BCUT2D eigenvalue weighted by atomic mass is 10.2. The van der Waals surface area contributed by atoms with Crippen molar-refractivity contribution in [2.24, 2.45) is 0 Å². The fourth-order valence-corrected chi connectivity index (χ4v) is 1.67. The lowest BCUT2D eigenvalue weighted by Crippen LogP contribution is -2.07. The highest BCUT2D eigenvalue weighted by Crippen LogP contribution is 2.29. The molecule has 0 atom stereocenters. The Bertz CT molecular complexity index is 605. The van der Waals surface area contributed by atoms with E-state index in [1.807, 2.05) is 0 Å². The van der Waals surface area contributed by atoms with E-state index in [1.54, 1.807) is 0 Å². The Hall–Kier alpha value is -2.38. The van der Waals surface area contributed by atoms with Crippen LogP contribution in [0.4, 0.5) is 13.2 Å². The van der Waals surface area contributed by atoms with Crippen LogP contribution in [0.1, 0.15) is 17.7 Å². The van der Waals surface area contributed by atoms with Crippen LogP contribution in [0.5, 0.6) is 0 Å². The molecule has 20 heavy (non-hydrogen) atoms. The van der Waals surface area contributed by atoms with Gasteiger partial charge in [-0.3, -0.25) is 4.79 Å². The van der Waals surface area contributed by atoms with E-state index in [1.165, 1.54) is 23.0 Å². The summed E-state index contributed by atoms with van der Waals surface area (Å²) < 4.78 is 38.7. The molecule has 0 fully saturated rings. The molecule has 1 aromatic heterocycles. The highest BCUT2D eigenvalue weighted by atomic mass is 19.4. The third-order valence-corrected chi connectivity index (χ3v) is 2.65. The quantitative estimate of drug-likeness (QED) is 0.936. The molecular formula is C12H10F3N3O2. The molecule has 0 amide bonds. The molecule has 0 aliphatic carbocycles. The van der Waals surface area contributed by atoms with Crippen LogP contribution < -0.4 is 0 Å². The van der Waals surface area contributed by atoms with Crippen molar-refractivity contribution < 1.29 is 23.1 Å². The molecule has 106 valence electrons. The summed E-state index contributed by atoms with van der Waals surface area (Å²) in [4.78, 5) is 10.5. The van der Waals surface area contributed by atoms with Gasteiger partial charge in [0, 0.05) is 6.42 Å². The molecule has 0 saturated carbocycles. The first-order valence-electron chi connectivity index (χ1n) is 5.67. The van der Waals surface area contributed by atoms with E-state index in [2.05, 4.69) is 10.3 Å². The molecule has 5 nitrogen and oxygen atoms in total. The first-order chi connectivity index (χ1) is 9.38. The second kappa shape index (κ2) is 5.32. The second-order valence-corrected chi connectivity index (χ2v) is 4.08. The molecule has 1 aromatic carbocycles. The van der Waals surface area contributed by atoms with Gasteiger partial charge in [0.15, 0.2) is 0 Å². The fourth-order valence-electron chi connectivity index (χ4n) is 1.67. The molecule has 0 spiro atoms. The number of aryl methyl sites for hydroxylation is 1. The van der Waals surface area contributed by atoms with E-state index in [-0.39, 0.29) is 12.8 Å². The fraction of sp³-hybridized carbons (Fsp3) is 0.250. The summed E-state index contributed by atoms with van der Waals surface area (Å²) >= 11 is 0. The lowest BCUT2D eigenvalue weighted by Gasteiger charge is -2.09. The van der Waals surface area contributed by atoms with Crippen molar-refractivity contribution in [2.45, 2.75) is 19.0 Å². The van der Waals surface area contributed by atoms with E-state index in [4.69, 9.17) is 5.11 Å². The van der Waals surface area contributed by atoms with Crippen LogP contribution in [-0.4, -0.2) is 26.1 Å². The predicted octanol–water partition coefficient (Wildman–Crippen LogP) is 2.30. The molecule has 0 saturated heterocycles. The van der Waals surface area contributed by atoms with E-state index in [9.17, 15) is 18.0 Å². The first-order valence-corrected chi connectivity index (χ1v) is 5.67. The normalized spacial score (nSPS) is 11.6. The van der Waals surface area contributed by atoms with Crippen LogP contribution in [0.25, 0.3) is 5.69 Å². The van der Waals surface area contributed by atoms with E-state index >= 15 is 0 Å². The van der Waals surface area contributed by atoms with Crippen molar-refractivity contribution in [1.29, 1.82) is 0 Å². The monoisotopic (exact) mass is 285 g/mol. The van der Waals surface area contributed by atoms with Crippen LogP contribution in [0.2, 0.25) is 0 Å². The van der Waals surface area contributed by atoms with Gasteiger partial charge in [0.05, 0.1) is 29.6 Å². The van der Waals surface area contributed by atoms with Crippen molar-refractivity contribution in [3.63, 3.8) is 0 Å². The molecule has 2 rings (SSSR count). The minimum Gasteiger partial charge on any atom is -0.481 e. The Morgan fingerprint density at radius 2 is 1.90 bits per heavy atom. The topological polar surface area (TPSA) is 68.0 Å². The average Bonchev–Trinajstić information content (AvgIpc) is 2.83. The highest BCUT2D eigenvalue weighted by molar-refractivity contribution is 5.67. The van der Waals surface area contributed by atoms with Crippen molar-refractivity contribution in [2.75, 3.05) is 0 Å². The molecule has 1 heterocycles. The SMILES string of the molecule is O=C(O)CCc1cnnn1-c1ccc(C(F)(F)F)cc1. The molecule has 8 heteroatoms. The largest absolute Gasteiger partial charge is 0.481 e. The Balaban J connectivity index is 2.24. The number of aromatic nitrogens is 3. The third-order valence-electron chi connectivity index (χ3n) is 2.65. The maximum atomic E-state index is 12.5. The lowest BCUT2D eigenvalue weighted by molar-refractivity contribution is -0.138. The number of hydrogen-bond acceptors (Lipinski definition) is 3. The van der Waals surface area contributed by atoms with Gasteiger partial charge >= 0.3 is 12.1 Å². The third kappa shape index (κ3) is 3.14. The Morgan fingerprint density at radius 3 is 2.45 bits per heavy atom. The Kier molecular flexibility index (Phi) is 3.73. The minimum absolute atomic E-state index is 0.103. The number of aliphatic carboxylic acids is 1. The molecule has 0 unspecified atom stereocenters. The van der Waals surface area contributed by atoms with Crippen molar-refractivity contribution >= 4 is 5.97 Å². The maximum Gasteiger partial charge on any atom is 0.416 e. The maximum absolute atomic E-state index is 12.5. The second-order valence-electron chi connectivity index (χ2n) is 4.08. The van der Waals surface area contributed by atoms with Gasteiger partial charge in [-0.15, -0.1) is 5.10 Å². The van der Waals surface area contributed by atoms with Crippen molar-refractivity contribution in [3.05, 3.63) is 41.7 Å². The van der Waals surface area contributed by atoms with E-state index in [0.717, 1.165) is 12.1 Å². The summed E-state index contributed by atoms with van der Waals surface area (Å²) in [5.41, 5.74) is 0.163. The average molecular weight is 285 g/mol. The van der Waals surface area contributed by atoms with Gasteiger partial charge in [0.1, 0.15) is 0 Å². The summed E-state index contributed by atoms with van der Waals surface area (Å²) in [5.74, 6) is -0.967. The number of alkyl halides is 3. The number of halogens is 3.